The lowest BCUT2D eigenvalue weighted by atomic mass is 9.53. The summed E-state index contributed by atoms with van der Waals surface area (Å²) in [6.45, 7) is 0.216. The molecule has 4 rings (SSSR count). The van der Waals surface area contributed by atoms with Gasteiger partial charge in [-0.25, -0.2) is 8.42 Å². The van der Waals surface area contributed by atoms with Gasteiger partial charge in [-0.2, -0.15) is 0 Å². The van der Waals surface area contributed by atoms with E-state index in [1.54, 1.807) is 0 Å². The third kappa shape index (κ3) is 3.12. The smallest absolute Gasteiger partial charge is 0.0972 e. The summed E-state index contributed by atoms with van der Waals surface area (Å²) in [5, 5.41) is 13.0. The molecule has 0 heterocycles. The van der Waals surface area contributed by atoms with Crippen LogP contribution in [0.4, 0.5) is 0 Å². The fourth-order valence-electron chi connectivity index (χ4n) is 4.96. The molecule has 5 nitrogen and oxygen atoms in total. The molecule has 2 N–H and O–H groups in total. The van der Waals surface area contributed by atoms with Crippen LogP contribution in [0.1, 0.15) is 38.5 Å². The zero-order valence-corrected chi connectivity index (χ0v) is 11.9. The predicted molar refractivity (Wildman–Crippen MR) is 69.5 cm³/mol. The molecule has 0 amide bonds. The van der Waals surface area contributed by atoms with E-state index in [4.69, 9.17) is 0 Å². The predicted octanol–water partition coefficient (Wildman–Crippen LogP) is 0.451. The lowest BCUT2D eigenvalue weighted by molar-refractivity contribution is -0.0239. The molecule has 4 bridgehead atoms. The van der Waals surface area contributed by atoms with E-state index >= 15 is 0 Å². The summed E-state index contributed by atoms with van der Waals surface area (Å²) in [4.78, 5) is 0. The summed E-state index contributed by atoms with van der Waals surface area (Å²) in [5.41, 5.74) is 0.0996. The molecule has 0 saturated heterocycles. The van der Waals surface area contributed by atoms with Crippen molar-refractivity contribution in [2.75, 3.05) is 12.3 Å². The van der Waals surface area contributed by atoms with E-state index in [0.29, 0.717) is 0 Å². The Kier molecular flexibility index (Phi) is 3.40. The Morgan fingerprint density at radius 3 is 2.05 bits per heavy atom. The Hall–Kier alpha value is -0.170. The number of rotatable bonds is 5. The van der Waals surface area contributed by atoms with Crippen molar-refractivity contribution in [3.05, 3.63) is 0 Å². The summed E-state index contributed by atoms with van der Waals surface area (Å²) in [6.07, 6.45) is 6.40. The maximum Gasteiger partial charge on any atom is 0.0972 e. The molecule has 1 unspecified atom stereocenters. The molecule has 0 spiro atoms. The van der Waals surface area contributed by atoms with E-state index < -0.39 is 22.0 Å². The molecular formula is C13H22NO4S-. The van der Waals surface area contributed by atoms with Crippen LogP contribution in [0.25, 0.3) is 0 Å². The molecule has 0 aromatic heterocycles. The minimum absolute atomic E-state index is 0.0996. The van der Waals surface area contributed by atoms with Gasteiger partial charge in [0.1, 0.15) is 0 Å². The van der Waals surface area contributed by atoms with Crippen LogP contribution in [0.5, 0.6) is 0 Å². The molecule has 1 atom stereocenters. The van der Waals surface area contributed by atoms with Crippen LogP contribution < -0.4 is 5.32 Å². The molecule has 4 fully saturated rings. The minimum atomic E-state index is -4.34. The highest BCUT2D eigenvalue weighted by atomic mass is 32.2. The van der Waals surface area contributed by atoms with Crippen LogP contribution in [0, 0.1) is 17.8 Å². The largest absolute Gasteiger partial charge is 0.748 e. The molecule has 4 saturated carbocycles. The van der Waals surface area contributed by atoms with Crippen LogP contribution >= 0.6 is 0 Å². The first-order valence-corrected chi connectivity index (χ1v) is 8.78. The molecule has 0 radical (unpaired) electrons. The average molecular weight is 288 g/mol. The van der Waals surface area contributed by atoms with Crippen LogP contribution in [0.3, 0.4) is 0 Å². The normalized spacial score (nSPS) is 42.5. The van der Waals surface area contributed by atoms with Gasteiger partial charge >= 0.3 is 0 Å². The number of hydrogen-bond acceptors (Lipinski definition) is 5. The zero-order chi connectivity index (χ0) is 13.7. The SMILES string of the molecule is O=S(=O)([O-])CC(O)CNC12CC3CC(CC(C3)C1)C2. The number of aliphatic hydroxyl groups excluding tert-OH is 1. The highest BCUT2D eigenvalue weighted by molar-refractivity contribution is 7.85. The fourth-order valence-corrected chi connectivity index (χ4v) is 5.55. The second-order valence-corrected chi connectivity index (χ2v) is 8.41. The Balaban J connectivity index is 1.58. The first kappa shape index (κ1) is 13.8. The van der Waals surface area contributed by atoms with Crippen LogP contribution in [0.2, 0.25) is 0 Å². The molecule has 0 aliphatic heterocycles. The van der Waals surface area contributed by atoms with Crippen LogP contribution in [0.15, 0.2) is 0 Å². The van der Waals surface area contributed by atoms with Gasteiger partial charge in [0, 0.05) is 12.1 Å². The van der Waals surface area contributed by atoms with E-state index in [1.807, 2.05) is 0 Å². The quantitative estimate of drug-likeness (QED) is 0.717. The average Bonchev–Trinajstić information content (AvgIpc) is 2.22. The van der Waals surface area contributed by atoms with E-state index in [-0.39, 0.29) is 12.1 Å². The fraction of sp³-hybridized carbons (Fsp3) is 1.00. The third-order valence-corrected chi connectivity index (χ3v) is 5.94. The first-order valence-electron chi connectivity index (χ1n) is 7.20. The molecule has 110 valence electrons. The maximum absolute atomic E-state index is 10.6. The summed E-state index contributed by atoms with van der Waals surface area (Å²) < 4.78 is 31.9. The van der Waals surface area contributed by atoms with Crippen molar-refractivity contribution in [1.29, 1.82) is 0 Å². The molecule has 0 aromatic carbocycles. The maximum atomic E-state index is 10.6. The van der Waals surface area contributed by atoms with Crippen LogP contribution in [-0.4, -0.2) is 42.0 Å². The van der Waals surface area contributed by atoms with Gasteiger partial charge in [0.15, 0.2) is 0 Å². The van der Waals surface area contributed by atoms with Crippen molar-refractivity contribution in [1.82, 2.24) is 5.32 Å². The molecular weight excluding hydrogens is 266 g/mol. The monoisotopic (exact) mass is 288 g/mol. The van der Waals surface area contributed by atoms with Gasteiger partial charge < -0.3 is 15.0 Å². The highest BCUT2D eigenvalue weighted by Crippen LogP contribution is 2.55. The van der Waals surface area contributed by atoms with Gasteiger partial charge in [0.25, 0.3) is 0 Å². The van der Waals surface area contributed by atoms with E-state index in [9.17, 15) is 18.1 Å². The summed E-state index contributed by atoms with van der Waals surface area (Å²) in [6, 6.07) is 0. The van der Waals surface area contributed by atoms with E-state index in [2.05, 4.69) is 5.32 Å². The van der Waals surface area contributed by atoms with Crippen molar-refractivity contribution in [2.24, 2.45) is 17.8 Å². The van der Waals surface area contributed by atoms with Gasteiger partial charge in [0.2, 0.25) is 0 Å². The molecule has 4 aliphatic rings. The van der Waals surface area contributed by atoms with Crippen molar-refractivity contribution in [3.8, 4) is 0 Å². The Morgan fingerprint density at radius 1 is 1.16 bits per heavy atom. The van der Waals surface area contributed by atoms with Gasteiger partial charge in [0.05, 0.1) is 22.0 Å². The van der Waals surface area contributed by atoms with Crippen molar-refractivity contribution in [2.45, 2.75) is 50.2 Å². The highest BCUT2D eigenvalue weighted by Gasteiger charge is 2.50. The topological polar surface area (TPSA) is 89.5 Å². The van der Waals surface area contributed by atoms with Crippen molar-refractivity contribution >= 4 is 10.1 Å². The van der Waals surface area contributed by atoms with E-state index in [0.717, 1.165) is 37.0 Å². The Morgan fingerprint density at radius 2 is 1.63 bits per heavy atom. The van der Waals surface area contributed by atoms with Gasteiger partial charge in [-0.15, -0.1) is 0 Å². The number of β-amino-alcohol motifs (C(OH)–C–C–N with tert-alkyl or cyclic N) is 1. The van der Waals surface area contributed by atoms with Crippen molar-refractivity contribution < 1.29 is 18.1 Å². The lowest BCUT2D eigenvalue weighted by Crippen LogP contribution is -2.59. The number of hydrogen-bond donors (Lipinski definition) is 2. The first-order chi connectivity index (χ1) is 8.84. The summed E-state index contributed by atoms with van der Waals surface area (Å²) in [5.74, 6) is 1.73. The second kappa shape index (κ2) is 4.69. The molecule has 0 aromatic rings. The van der Waals surface area contributed by atoms with Gasteiger partial charge in [-0.05, 0) is 56.3 Å². The van der Waals surface area contributed by atoms with Gasteiger partial charge in [-0.1, -0.05) is 0 Å². The Labute approximate surface area is 114 Å². The second-order valence-electron chi connectivity index (χ2n) is 6.96. The zero-order valence-electron chi connectivity index (χ0n) is 11.0. The molecule has 6 heteroatoms. The number of nitrogens with one attached hydrogen (secondary N) is 1. The third-order valence-electron chi connectivity index (χ3n) is 5.15. The lowest BCUT2D eigenvalue weighted by Gasteiger charge is -2.57. The summed E-state index contributed by atoms with van der Waals surface area (Å²) >= 11 is 0. The Bertz CT molecular complexity index is 412. The van der Waals surface area contributed by atoms with Gasteiger partial charge in [-0.3, -0.25) is 0 Å². The molecule has 4 aliphatic carbocycles. The summed E-state index contributed by atoms with van der Waals surface area (Å²) in [7, 11) is -4.34. The number of aliphatic hydroxyl groups is 1. The van der Waals surface area contributed by atoms with Crippen molar-refractivity contribution in [3.63, 3.8) is 0 Å². The standard InChI is InChI=1S/C13H23NO4S/c15-12(8-19(16,17)18)7-14-13-4-9-1-10(5-13)3-11(2-9)6-13/h9-12,14-15H,1-8H2,(H,16,17,18)/p-1. The van der Waals surface area contributed by atoms with Crippen LogP contribution in [-0.2, 0) is 10.1 Å². The molecule has 19 heavy (non-hydrogen) atoms. The van der Waals surface area contributed by atoms with E-state index in [1.165, 1.54) is 19.3 Å². The minimum Gasteiger partial charge on any atom is -0.748 e.